The summed E-state index contributed by atoms with van der Waals surface area (Å²) >= 11 is 1.73. The van der Waals surface area contributed by atoms with Crippen molar-refractivity contribution in [3.05, 3.63) is 29.8 Å². The molecule has 1 amide bonds. The molecule has 1 atom stereocenters. The van der Waals surface area contributed by atoms with E-state index in [0.29, 0.717) is 13.0 Å². The highest BCUT2D eigenvalue weighted by Gasteiger charge is 2.28. The smallest absolute Gasteiger partial charge is 0.305 e. The van der Waals surface area contributed by atoms with Crippen molar-refractivity contribution < 1.29 is 19.4 Å². The van der Waals surface area contributed by atoms with Crippen molar-refractivity contribution in [3.8, 4) is 5.75 Å². The number of ether oxygens (including phenoxy) is 1. The lowest BCUT2D eigenvalue weighted by molar-refractivity contribution is -0.140. The fourth-order valence-corrected chi connectivity index (χ4v) is 4.13. The van der Waals surface area contributed by atoms with Gasteiger partial charge in [-0.15, -0.1) is 0 Å². The molecule has 1 N–H and O–H groups in total. The zero-order chi connectivity index (χ0) is 18.1. The molecule has 2 rings (SSSR count). The first kappa shape index (κ1) is 19.6. The van der Waals surface area contributed by atoms with E-state index >= 15 is 0 Å². The molecule has 1 unspecified atom stereocenters. The Morgan fingerprint density at radius 1 is 1.24 bits per heavy atom. The van der Waals surface area contributed by atoms with Gasteiger partial charge in [-0.3, -0.25) is 9.59 Å². The van der Waals surface area contributed by atoms with E-state index < -0.39 is 5.97 Å². The van der Waals surface area contributed by atoms with Gasteiger partial charge in [0.15, 0.2) is 0 Å². The fourth-order valence-electron chi connectivity index (χ4n) is 3.07. The van der Waals surface area contributed by atoms with E-state index in [-0.39, 0.29) is 18.4 Å². The Morgan fingerprint density at radius 2 is 2.00 bits per heavy atom. The number of unbranched alkanes of at least 4 members (excludes halogenated alkanes) is 2. The molecule has 1 saturated heterocycles. The van der Waals surface area contributed by atoms with Crippen LogP contribution >= 0.6 is 11.8 Å². The highest BCUT2D eigenvalue weighted by atomic mass is 32.2. The van der Waals surface area contributed by atoms with E-state index in [0.717, 1.165) is 42.9 Å². The average Bonchev–Trinajstić information content (AvgIpc) is 2.61. The molecular weight excluding hydrogens is 338 g/mol. The molecule has 0 aromatic heterocycles. The van der Waals surface area contributed by atoms with Gasteiger partial charge in [0.25, 0.3) is 0 Å². The predicted octanol–water partition coefficient (Wildman–Crippen LogP) is 3.22. The number of aryl methyl sites for hydroxylation is 1. The molecule has 25 heavy (non-hydrogen) atoms. The number of methoxy groups -OCH3 is 1. The maximum Gasteiger partial charge on any atom is 0.305 e. The first-order valence-electron chi connectivity index (χ1n) is 8.82. The van der Waals surface area contributed by atoms with Gasteiger partial charge >= 0.3 is 5.97 Å². The van der Waals surface area contributed by atoms with Crippen LogP contribution < -0.4 is 4.74 Å². The highest BCUT2D eigenvalue weighted by molar-refractivity contribution is 7.99. The number of benzene rings is 1. The molecule has 0 spiro atoms. The SMILES string of the molecule is COc1ccc(CCCCCC(=O)N2CCSCC2CC(=O)O)cc1. The molecule has 6 heteroatoms. The van der Waals surface area contributed by atoms with Crippen LogP contribution in [0.3, 0.4) is 0 Å². The van der Waals surface area contributed by atoms with E-state index in [1.165, 1.54) is 5.56 Å². The Balaban J connectivity index is 1.67. The fraction of sp³-hybridized carbons (Fsp3) is 0.579. The monoisotopic (exact) mass is 365 g/mol. The molecule has 0 radical (unpaired) electrons. The second kappa shape index (κ2) is 10.3. The second-order valence-corrected chi connectivity index (χ2v) is 7.47. The van der Waals surface area contributed by atoms with Gasteiger partial charge in [0.2, 0.25) is 5.91 Å². The Bertz CT molecular complexity index is 561. The number of carbonyl (C=O) groups excluding carboxylic acids is 1. The van der Waals surface area contributed by atoms with Gasteiger partial charge < -0.3 is 14.7 Å². The highest BCUT2D eigenvalue weighted by Crippen LogP contribution is 2.21. The van der Waals surface area contributed by atoms with Crippen LogP contribution in [-0.4, -0.2) is 53.1 Å². The van der Waals surface area contributed by atoms with Crippen molar-refractivity contribution in [3.63, 3.8) is 0 Å². The van der Waals surface area contributed by atoms with Crippen LogP contribution in [0.15, 0.2) is 24.3 Å². The quantitative estimate of drug-likeness (QED) is 0.681. The summed E-state index contributed by atoms with van der Waals surface area (Å²) in [5, 5.41) is 9.00. The van der Waals surface area contributed by atoms with Crippen molar-refractivity contribution in [1.29, 1.82) is 0 Å². The van der Waals surface area contributed by atoms with E-state index in [1.807, 2.05) is 12.1 Å². The predicted molar refractivity (Wildman–Crippen MR) is 100 cm³/mol. The van der Waals surface area contributed by atoms with Gasteiger partial charge in [-0.2, -0.15) is 11.8 Å². The minimum absolute atomic E-state index is 0.0518. The summed E-state index contributed by atoms with van der Waals surface area (Å²) < 4.78 is 5.15. The lowest BCUT2D eigenvalue weighted by Crippen LogP contribution is -2.47. The molecule has 1 aliphatic rings. The van der Waals surface area contributed by atoms with Crippen LogP contribution in [0.25, 0.3) is 0 Å². The zero-order valence-corrected chi connectivity index (χ0v) is 15.6. The molecule has 1 aromatic carbocycles. The van der Waals surface area contributed by atoms with E-state index in [9.17, 15) is 9.59 Å². The van der Waals surface area contributed by atoms with Crippen LogP contribution in [0.4, 0.5) is 0 Å². The molecule has 1 fully saturated rings. The van der Waals surface area contributed by atoms with Gasteiger partial charge in [0, 0.05) is 24.5 Å². The number of hydrogen-bond donors (Lipinski definition) is 1. The Morgan fingerprint density at radius 3 is 2.68 bits per heavy atom. The van der Waals surface area contributed by atoms with Gasteiger partial charge in [0.1, 0.15) is 5.75 Å². The molecule has 1 heterocycles. The standard InChI is InChI=1S/C19H27NO4S/c1-24-17-9-7-15(8-10-17)5-3-2-4-6-18(21)20-11-12-25-14-16(20)13-19(22)23/h7-10,16H,2-6,11-14H2,1H3,(H,22,23). The summed E-state index contributed by atoms with van der Waals surface area (Å²) in [5.41, 5.74) is 1.28. The molecular formula is C19H27NO4S. The largest absolute Gasteiger partial charge is 0.497 e. The Labute approximate surface area is 153 Å². The van der Waals surface area contributed by atoms with Gasteiger partial charge in [-0.25, -0.2) is 0 Å². The normalized spacial score (nSPS) is 17.3. The lowest BCUT2D eigenvalue weighted by atomic mass is 10.1. The summed E-state index contributed by atoms with van der Waals surface area (Å²) in [4.78, 5) is 25.1. The summed E-state index contributed by atoms with van der Waals surface area (Å²) in [6, 6.07) is 7.94. The molecule has 0 bridgehead atoms. The first-order valence-corrected chi connectivity index (χ1v) is 9.97. The third-order valence-corrected chi connectivity index (χ3v) is 5.57. The number of thioether (sulfide) groups is 1. The zero-order valence-electron chi connectivity index (χ0n) is 14.8. The number of carbonyl (C=O) groups is 2. The number of aliphatic carboxylic acids is 1. The summed E-state index contributed by atoms with van der Waals surface area (Å²) in [6.07, 6.45) is 4.48. The number of nitrogens with zero attached hydrogens (tertiary/aromatic N) is 1. The van der Waals surface area contributed by atoms with Gasteiger partial charge in [-0.05, 0) is 37.0 Å². The molecule has 1 aromatic rings. The Kier molecular flexibility index (Phi) is 8.12. The maximum atomic E-state index is 12.4. The van der Waals surface area contributed by atoms with Gasteiger partial charge in [0.05, 0.1) is 19.6 Å². The number of hydrogen-bond acceptors (Lipinski definition) is 4. The molecule has 138 valence electrons. The van der Waals surface area contributed by atoms with Crippen LogP contribution in [0.5, 0.6) is 5.75 Å². The second-order valence-electron chi connectivity index (χ2n) is 6.32. The molecule has 0 aliphatic carbocycles. The topological polar surface area (TPSA) is 66.8 Å². The van der Waals surface area contributed by atoms with E-state index in [2.05, 4.69) is 12.1 Å². The van der Waals surface area contributed by atoms with Crippen molar-refractivity contribution >= 4 is 23.6 Å². The van der Waals surface area contributed by atoms with Crippen LogP contribution in [0, 0.1) is 0 Å². The Hall–Kier alpha value is -1.69. The van der Waals surface area contributed by atoms with E-state index in [4.69, 9.17) is 9.84 Å². The van der Waals surface area contributed by atoms with Crippen molar-refractivity contribution in [1.82, 2.24) is 4.90 Å². The summed E-state index contributed by atoms with van der Waals surface area (Å²) in [6.45, 7) is 0.674. The van der Waals surface area contributed by atoms with E-state index in [1.54, 1.807) is 23.8 Å². The molecule has 1 aliphatic heterocycles. The van der Waals surface area contributed by atoms with Gasteiger partial charge in [-0.1, -0.05) is 18.6 Å². The van der Waals surface area contributed by atoms with Crippen LogP contribution in [0.1, 0.15) is 37.7 Å². The van der Waals surface area contributed by atoms with Crippen molar-refractivity contribution in [2.45, 2.75) is 44.6 Å². The number of carboxylic acids is 1. The maximum absolute atomic E-state index is 12.4. The minimum Gasteiger partial charge on any atom is -0.497 e. The van der Waals surface area contributed by atoms with Crippen LogP contribution in [0.2, 0.25) is 0 Å². The van der Waals surface area contributed by atoms with Crippen molar-refractivity contribution in [2.75, 3.05) is 25.2 Å². The number of rotatable bonds is 9. The first-order chi connectivity index (χ1) is 12.1. The minimum atomic E-state index is -0.829. The molecule has 5 nitrogen and oxygen atoms in total. The van der Waals surface area contributed by atoms with Crippen molar-refractivity contribution in [2.24, 2.45) is 0 Å². The van der Waals surface area contributed by atoms with Crippen LogP contribution in [-0.2, 0) is 16.0 Å². The summed E-state index contributed by atoms with van der Waals surface area (Å²) in [5.74, 6) is 1.78. The third-order valence-electron chi connectivity index (χ3n) is 4.47. The molecule has 0 saturated carbocycles. The number of carboxylic acid groups (broad SMARTS) is 1. The summed E-state index contributed by atoms with van der Waals surface area (Å²) in [7, 11) is 1.66. The average molecular weight is 365 g/mol. The number of amides is 1. The lowest BCUT2D eigenvalue weighted by Gasteiger charge is -2.34. The third kappa shape index (κ3) is 6.61.